The zero-order chi connectivity index (χ0) is 11.5. The van der Waals surface area contributed by atoms with E-state index in [1.165, 1.54) is 17.5 Å². The molecule has 82 valence electrons. The molecule has 0 saturated heterocycles. The molecule has 2 aromatic heterocycles. The van der Waals surface area contributed by atoms with Gasteiger partial charge in [0.25, 0.3) is 5.56 Å². The van der Waals surface area contributed by atoms with Crippen molar-refractivity contribution in [2.45, 2.75) is 6.42 Å². The molecule has 0 fully saturated rings. The summed E-state index contributed by atoms with van der Waals surface area (Å²) in [5.74, 6) is -1.23. The number of hydrogen-bond acceptors (Lipinski definition) is 4. The minimum atomic E-state index is -1.23. The van der Waals surface area contributed by atoms with E-state index in [1.54, 1.807) is 0 Å². The molecule has 0 aliphatic heterocycles. The number of nitrogens with one attached hydrogen (secondary N) is 1. The largest absolute Gasteiger partial charge is 0.477 e. The van der Waals surface area contributed by atoms with Crippen LogP contribution in [0.2, 0.25) is 0 Å². The van der Waals surface area contributed by atoms with Crippen LogP contribution in [-0.2, 0) is 6.42 Å². The summed E-state index contributed by atoms with van der Waals surface area (Å²) in [6.45, 7) is 0. The number of aromatic amines is 1. The van der Waals surface area contributed by atoms with Crippen molar-refractivity contribution in [3.63, 3.8) is 0 Å². The first-order valence-electron chi connectivity index (χ1n) is 4.50. The first-order chi connectivity index (χ1) is 7.68. The van der Waals surface area contributed by atoms with E-state index in [2.05, 4.69) is 10.2 Å². The highest BCUT2D eigenvalue weighted by Gasteiger charge is 2.15. The van der Waals surface area contributed by atoms with Crippen molar-refractivity contribution in [2.75, 3.05) is 0 Å². The zero-order valence-electron chi connectivity index (χ0n) is 8.14. The number of rotatable bonds is 3. The van der Waals surface area contributed by atoms with Gasteiger partial charge in [-0.05, 0) is 17.0 Å². The summed E-state index contributed by atoms with van der Waals surface area (Å²) in [6.07, 6.45) is 1.79. The van der Waals surface area contributed by atoms with Crippen molar-refractivity contribution in [1.29, 1.82) is 0 Å². The first kappa shape index (κ1) is 10.6. The third kappa shape index (κ3) is 2.01. The van der Waals surface area contributed by atoms with E-state index >= 15 is 0 Å². The molecule has 0 aromatic carbocycles. The van der Waals surface area contributed by atoms with Gasteiger partial charge in [-0.25, -0.2) is 9.89 Å². The molecule has 0 aliphatic rings. The number of H-pyrrole nitrogens is 1. The molecule has 0 bridgehead atoms. The van der Waals surface area contributed by atoms with Gasteiger partial charge in [0.2, 0.25) is 0 Å². The van der Waals surface area contributed by atoms with Crippen LogP contribution in [0.5, 0.6) is 0 Å². The fourth-order valence-electron chi connectivity index (χ4n) is 1.40. The molecule has 0 amide bonds. The van der Waals surface area contributed by atoms with E-state index in [1.807, 2.05) is 17.5 Å². The molecule has 6 heteroatoms. The van der Waals surface area contributed by atoms with Crippen LogP contribution in [0.25, 0.3) is 0 Å². The highest BCUT2D eigenvalue weighted by molar-refractivity contribution is 7.09. The second-order valence-electron chi connectivity index (χ2n) is 3.16. The number of aromatic carboxylic acids is 1. The summed E-state index contributed by atoms with van der Waals surface area (Å²) >= 11 is 1.51. The molecule has 2 heterocycles. The minimum Gasteiger partial charge on any atom is -0.477 e. The lowest BCUT2D eigenvalue weighted by Gasteiger charge is -2.01. The number of hydrogen-bond donors (Lipinski definition) is 2. The van der Waals surface area contributed by atoms with Crippen LogP contribution in [0.1, 0.15) is 20.8 Å². The molecule has 2 rings (SSSR count). The van der Waals surface area contributed by atoms with Crippen LogP contribution < -0.4 is 5.56 Å². The molecule has 2 N–H and O–H groups in total. The highest BCUT2D eigenvalue weighted by atomic mass is 32.1. The fourth-order valence-corrected chi connectivity index (χ4v) is 2.13. The molecule has 0 unspecified atom stereocenters. The monoisotopic (exact) mass is 236 g/mol. The van der Waals surface area contributed by atoms with E-state index in [0.29, 0.717) is 12.0 Å². The molecule has 0 saturated carbocycles. The highest BCUT2D eigenvalue weighted by Crippen LogP contribution is 2.15. The summed E-state index contributed by atoms with van der Waals surface area (Å²) in [5.41, 5.74) is -0.469. The number of carboxylic acids is 1. The summed E-state index contributed by atoms with van der Waals surface area (Å²) < 4.78 is 0. The van der Waals surface area contributed by atoms with Crippen molar-refractivity contribution in [3.05, 3.63) is 50.1 Å². The third-order valence-electron chi connectivity index (χ3n) is 2.09. The van der Waals surface area contributed by atoms with E-state index in [4.69, 9.17) is 5.11 Å². The third-order valence-corrected chi connectivity index (χ3v) is 2.97. The van der Waals surface area contributed by atoms with Crippen LogP contribution in [0.3, 0.4) is 0 Å². The van der Waals surface area contributed by atoms with Crippen LogP contribution in [0.15, 0.2) is 28.5 Å². The smallest absolute Gasteiger partial charge is 0.341 e. The number of aromatic nitrogens is 2. The first-order valence-corrected chi connectivity index (χ1v) is 5.38. The Balaban J connectivity index is 2.45. The Morgan fingerprint density at radius 1 is 1.56 bits per heavy atom. The van der Waals surface area contributed by atoms with Crippen molar-refractivity contribution in [1.82, 2.24) is 10.2 Å². The number of carboxylic acid groups (broad SMARTS) is 1. The van der Waals surface area contributed by atoms with Crippen molar-refractivity contribution >= 4 is 17.3 Å². The number of nitrogens with zero attached hydrogens (tertiary/aromatic N) is 1. The zero-order valence-corrected chi connectivity index (χ0v) is 8.95. The van der Waals surface area contributed by atoms with Gasteiger partial charge in [0.05, 0.1) is 6.20 Å². The van der Waals surface area contributed by atoms with E-state index < -0.39 is 11.5 Å². The molecule has 16 heavy (non-hydrogen) atoms. The van der Waals surface area contributed by atoms with Crippen LogP contribution in [0.4, 0.5) is 0 Å². The van der Waals surface area contributed by atoms with Gasteiger partial charge in [0.15, 0.2) is 0 Å². The number of carbonyl (C=O) groups is 1. The minimum absolute atomic E-state index is 0.233. The topological polar surface area (TPSA) is 83.0 Å². The van der Waals surface area contributed by atoms with Gasteiger partial charge in [-0.15, -0.1) is 11.3 Å². The average molecular weight is 236 g/mol. The molecule has 0 spiro atoms. The summed E-state index contributed by atoms with van der Waals surface area (Å²) in [6, 6.07) is 3.76. The van der Waals surface area contributed by atoms with Crippen molar-refractivity contribution < 1.29 is 9.90 Å². The van der Waals surface area contributed by atoms with Crippen LogP contribution >= 0.6 is 11.3 Å². The molecule has 0 atom stereocenters. The van der Waals surface area contributed by atoms with E-state index in [0.717, 1.165) is 4.88 Å². The van der Waals surface area contributed by atoms with Gasteiger partial charge in [-0.3, -0.25) is 4.79 Å². The lowest BCUT2D eigenvalue weighted by molar-refractivity contribution is 0.0693. The second kappa shape index (κ2) is 4.28. The number of thiophene rings is 1. The Kier molecular flexibility index (Phi) is 2.82. The van der Waals surface area contributed by atoms with Gasteiger partial charge in [-0.2, -0.15) is 5.10 Å². The second-order valence-corrected chi connectivity index (χ2v) is 4.19. The summed E-state index contributed by atoms with van der Waals surface area (Å²) in [4.78, 5) is 23.2. The normalized spacial score (nSPS) is 10.2. The standard InChI is InChI=1S/C10H8N2O3S/c13-9-8(10(14)15)6(5-11-12-9)4-7-2-1-3-16-7/h1-3,5H,4H2,(H,12,13)(H,14,15). The summed E-state index contributed by atoms with van der Waals surface area (Å²) in [7, 11) is 0. The Morgan fingerprint density at radius 3 is 3.00 bits per heavy atom. The Labute approximate surface area is 94.4 Å². The van der Waals surface area contributed by atoms with Gasteiger partial charge >= 0.3 is 5.97 Å². The van der Waals surface area contributed by atoms with Gasteiger partial charge in [0.1, 0.15) is 5.56 Å². The van der Waals surface area contributed by atoms with Crippen LogP contribution in [-0.4, -0.2) is 21.3 Å². The van der Waals surface area contributed by atoms with Gasteiger partial charge < -0.3 is 5.11 Å². The molecular formula is C10H8N2O3S. The molecule has 0 aliphatic carbocycles. The SMILES string of the molecule is O=C(O)c1c(Cc2cccs2)cn[nH]c1=O. The average Bonchev–Trinajstić information content (AvgIpc) is 2.70. The fraction of sp³-hybridized carbons (Fsp3) is 0.100. The predicted octanol–water partition coefficient (Wildman–Crippen LogP) is 1.12. The van der Waals surface area contributed by atoms with Crippen molar-refractivity contribution in [2.24, 2.45) is 0 Å². The Bertz CT molecular complexity index is 560. The molecule has 0 radical (unpaired) electrons. The van der Waals surface area contributed by atoms with Gasteiger partial charge in [0, 0.05) is 11.3 Å². The van der Waals surface area contributed by atoms with Crippen molar-refractivity contribution in [3.8, 4) is 0 Å². The van der Waals surface area contributed by atoms with E-state index in [9.17, 15) is 9.59 Å². The summed E-state index contributed by atoms with van der Waals surface area (Å²) in [5, 5.41) is 16.6. The Morgan fingerprint density at radius 2 is 2.38 bits per heavy atom. The van der Waals surface area contributed by atoms with Gasteiger partial charge in [-0.1, -0.05) is 6.07 Å². The predicted molar refractivity (Wildman–Crippen MR) is 58.9 cm³/mol. The maximum Gasteiger partial charge on any atom is 0.341 e. The maximum absolute atomic E-state index is 11.3. The van der Waals surface area contributed by atoms with Crippen LogP contribution in [0, 0.1) is 0 Å². The van der Waals surface area contributed by atoms with E-state index in [-0.39, 0.29) is 5.56 Å². The quantitative estimate of drug-likeness (QED) is 0.836. The Hall–Kier alpha value is -1.95. The maximum atomic E-state index is 11.3. The molecular weight excluding hydrogens is 228 g/mol. The molecule has 2 aromatic rings. The molecule has 5 nitrogen and oxygen atoms in total. The lowest BCUT2D eigenvalue weighted by Crippen LogP contribution is -2.21. The lowest BCUT2D eigenvalue weighted by atomic mass is 10.1.